The van der Waals surface area contributed by atoms with Crippen LogP contribution in [0.15, 0.2) is 27.1 Å². The average molecular weight is 331 g/mol. The van der Waals surface area contributed by atoms with Gasteiger partial charge in [-0.25, -0.2) is 0 Å². The number of rotatable bonds is 2. The summed E-state index contributed by atoms with van der Waals surface area (Å²) in [4.78, 5) is 11.6. The molecule has 0 spiro atoms. The zero-order valence-electron chi connectivity index (χ0n) is 8.10. The summed E-state index contributed by atoms with van der Waals surface area (Å²) in [7, 11) is 0. The van der Waals surface area contributed by atoms with E-state index < -0.39 is 0 Å². The molecule has 1 amide bonds. The summed E-state index contributed by atoms with van der Waals surface area (Å²) in [5.41, 5.74) is 0.606. The molecule has 0 aliphatic rings. The maximum atomic E-state index is 11.6. The fourth-order valence-corrected chi connectivity index (χ4v) is 2.29. The molecule has 0 bridgehead atoms. The molecule has 0 saturated heterocycles. The zero-order chi connectivity index (χ0) is 11.3. The second-order valence-electron chi connectivity index (χ2n) is 2.77. The molecule has 0 heterocycles. The molecule has 78 valence electrons. The fraction of sp³-hybridized carbons (Fsp3) is 0.182. The smallest absolute Gasteiger partial charge is 0.252 e. The van der Waals surface area contributed by atoms with Crippen LogP contribution >= 0.6 is 31.9 Å². The summed E-state index contributed by atoms with van der Waals surface area (Å²) < 4.78 is 1.73. The lowest BCUT2D eigenvalue weighted by Crippen LogP contribution is -2.23. The largest absolute Gasteiger partial charge is 0.341 e. The summed E-state index contributed by atoms with van der Waals surface area (Å²) in [6, 6.07) is 5.40. The Morgan fingerprint density at radius 1 is 1.33 bits per heavy atom. The maximum Gasteiger partial charge on any atom is 0.252 e. The number of amides is 1. The Balaban J connectivity index is 2.76. The molecule has 1 N–H and O–H groups in total. The first-order chi connectivity index (χ1) is 7.13. The van der Waals surface area contributed by atoms with E-state index in [9.17, 15) is 4.79 Å². The number of carbonyl (C=O) groups is 1. The van der Waals surface area contributed by atoms with Crippen molar-refractivity contribution < 1.29 is 4.79 Å². The number of carbonyl (C=O) groups excluding carboxylic acids is 1. The molecular formula is C11H9Br2NO. The van der Waals surface area contributed by atoms with Crippen LogP contribution < -0.4 is 5.32 Å². The van der Waals surface area contributed by atoms with Crippen molar-refractivity contribution in [1.29, 1.82) is 0 Å². The molecule has 15 heavy (non-hydrogen) atoms. The molecular weight excluding hydrogens is 322 g/mol. The summed E-state index contributed by atoms with van der Waals surface area (Å²) in [6.45, 7) is 2.11. The Kier molecular flexibility index (Phi) is 4.86. The van der Waals surface area contributed by atoms with Crippen LogP contribution in [0.5, 0.6) is 0 Å². The van der Waals surface area contributed by atoms with Gasteiger partial charge in [0, 0.05) is 14.5 Å². The van der Waals surface area contributed by atoms with Crippen molar-refractivity contribution in [2.75, 3.05) is 6.54 Å². The number of hydrogen-bond acceptors (Lipinski definition) is 1. The zero-order valence-corrected chi connectivity index (χ0v) is 11.3. The SMILES string of the molecule is CC#CCNC(=O)c1cc(Br)cc(Br)c1. The van der Waals surface area contributed by atoms with Crippen molar-refractivity contribution in [3.8, 4) is 11.8 Å². The van der Waals surface area contributed by atoms with Crippen LogP contribution in [0.3, 0.4) is 0 Å². The van der Waals surface area contributed by atoms with Gasteiger partial charge in [-0.3, -0.25) is 4.79 Å². The molecule has 0 saturated carbocycles. The van der Waals surface area contributed by atoms with Crippen molar-refractivity contribution in [2.24, 2.45) is 0 Å². The molecule has 0 unspecified atom stereocenters. The highest BCUT2D eigenvalue weighted by atomic mass is 79.9. The number of hydrogen-bond donors (Lipinski definition) is 1. The average Bonchev–Trinajstić information content (AvgIpc) is 2.16. The van der Waals surface area contributed by atoms with Gasteiger partial charge in [-0.05, 0) is 25.1 Å². The predicted octanol–water partition coefficient (Wildman–Crippen LogP) is 2.96. The Labute approximate surface area is 106 Å². The minimum Gasteiger partial charge on any atom is -0.341 e. The van der Waals surface area contributed by atoms with Gasteiger partial charge in [0.1, 0.15) is 0 Å². The van der Waals surface area contributed by atoms with E-state index in [1.807, 2.05) is 6.07 Å². The number of benzene rings is 1. The summed E-state index contributed by atoms with van der Waals surface area (Å²) in [5, 5.41) is 2.70. The first-order valence-corrected chi connectivity index (χ1v) is 5.86. The maximum absolute atomic E-state index is 11.6. The molecule has 0 radical (unpaired) electrons. The summed E-state index contributed by atoms with van der Waals surface area (Å²) in [5.74, 6) is 5.36. The van der Waals surface area contributed by atoms with Gasteiger partial charge in [0.05, 0.1) is 6.54 Å². The van der Waals surface area contributed by atoms with Crippen molar-refractivity contribution in [3.05, 3.63) is 32.7 Å². The third-order valence-electron chi connectivity index (χ3n) is 1.64. The van der Waals surface area contributed by atoms with Crippen LogP contribution in [-0.2, 0) is 0 Å². The van der Waals surface area contributed by atoms with Crippen LogP contribution in [0.4, 0.5) is 0 Å². The van der Waals surface area contributed by atoms with Crippen molar-refractivity contribution in [2.45, 2.75) is 6.92 Å². The standard InChI is InChI=1S/C11H9Br2NO/c1-2-3-4-14-11(15)8-5-9(12)7-10(13)6-8/h5-7H,4H2,1H3,(H,14,15). The second-order valence-corrected chi connectivity index (χ2v) is 4.60. The van der Waals surface area contributed by atoms with E-state index >= 15 is 0 Å². The van der Waals surface area contributed by atoms with Gasteiger partial charge in [-0.2, -0.15) is 0 Å². The van der Waals surface area contributed by atoms with Gasteiger partial charge in [-0.1, -0.05) is 37.8 Å². The molecule has 1 aromatic rings. The van der Waals surface area contributed by atoms with Gasteiger partial charge < -0.3 is 5.32 Å². The Bertz CT molecular complexity index is 412. The van der Waals surface area contributed by atoms with E-state index in [-0.39, 0.29) is 5.91 Å². The summed E-state index contributed by atoms with van der Waals surface area (Å²) >= 11 is 6.65. The van der Waals surface area contributed by atoms with E-state index in [2.05, 4.69) is 49.0 Å². The lowest BCUT2D eigenvalue weighted by Gasteiger charge is -2.03. The molecule has 0 atom stereocenters. The van der Waals surface area contributed by atoms with Crippen LogP contribution in [0.2, 0.25) is 0 Å². The lowest BCUT2D eigenvalue weighted by molar-refractivity contribution is 0.0958. The Hall–Kier alpha value is -0.790. The number of halogens is 2. The predicted molar refractivity (Wildman–Crippen MR) is 67.6 cm³/mol. The minimum atomic E-state index is -0.125. The molecule has 1 aromatic carbocycles. The van der Waals surface area contributed by atoms with Crippen molar-refractivity contribution >= 4 is 37.8 Å². The summed E-state index contributed by atoms with van der Waals surface area (Å²) in [6.07, 6.45) is 0. The van der Waals surface area contributed by atoms with E-state index in [1.165, 1.54) is 0 Å². The fourth-order valence-electron chi connectivity index (χ4n) is 1.000. The minimum absolute atomic E-state index is 0.125. The van der Waals surface area contributed by atoms with E-state index in [1.54, 1.807) is 19.1 Å². The third-order valence-corrected chi connectivity index (χ3v) is 2.55. The topological polar surface area (TPSA) is 29.1 Å². The van der Waals surface area contributed by atoms with E-state index in [4.69, 9.17) is 0 Å². The van der Waals surface area contributed by atoms with Gasteiger partial charge >= 0.3 is 0 Å². The first kappa shape index (κ1) is 12.3. The molecule has 0 aromatic heterocycles. The second kappa shape index (κ2) is 5.94. The molecule has 0 aliphatic heterocycles. The monoisotopic (exact) mass is 329 g/mol. The van der Waals surface area contributed by atoms with E-state index in [0.717, 1.165) is 8.95 Å². The Morgan fingerprint density at radius 2 is 1.93 bits per heavy atom. The highest BCUT2D eigenvalue weighted by molar-refractivity contribution is 9.11. The van der Waals surface area contributed by atoms with Crippen LogP contribution in [-0.4, -0.2) is 12.5 Å². The van der Waals surface area contributed by atoms with Crippen LogP contribution in [0.1, 0.15) is 17.3 Å². The quantitative estimate of drug-likeness (QED) is 0.830. The third kappa shape index (κ3) is 4.06. The van der Waals surface area contributed by atoms with Gasteiger partial charge in [0.2, 0.25) is 0 Å². The molecule has 1 rings (SSSR count). The molecule has 0 aliphatic carbocycles. The molecule has 0 fully saturated rings. The lowest BCUT2D eigenvalue weighted by atomic mass is 10.2. The van der Waals surface area contributed by atoms with Gasteiger partial charge in [0.25, 0.3) is 5.91 Å². The van der Waals surface area contributed by atoms with Crippen molar-refractivity contribution in [3.63, 3.8) is 0 Å². The highest BCUT2D eigenvalue weighted by Crippen LogP contribution is 2.19. The molecule has 4 heteroatoms. The van der Waals surface area contributed by atoms with E-state index in [0.29, 0.717) is 12.1 Å². The first-order valence-electron chi connectivity index (χ1n) is 4.27. The van der Waals surface area contributed by atoms with Crippen molar-refractivity contribution in [1.82, 2.24) is 5.32 Å². The van der Waals surface area contributed by atoms with Gasteiger partial charge in [-0.15, -0.1) is 5.92 Å². The Morgan fingerprint density at radius 3 is 2.47 bits per heavy atom. The normalized spacial score (nSPS) is 9.00. The van der Waals surface area contributed by atoms with Crippen LogP contribution in [0.25, 0.3) is 0 Å². The number of nitrogens with one attached hydrogen (secondary N) is 1. The molecule has 2 nitrogen and oxygen atoms in total. The van der Waals surface area contributed by atoms with Crippen LogP contribution in [0, 0.1) is 11.8 Å². The van der Waals surface area contributed by atoms with Gasteiger partial charge in [0.15, 0.2) is 0 Å². The highest BCUT2D eigenvalue weighted by Gasteiger charge is 2.05.